The minimum absolute atomic E-state index is 0.00170. The first-order chi connectivity index (χ1) is 14.5. The van der Waals surface area contributed by atoms with Gasteiger partial charge in [-0.2, -0.15) is 0 Å². The molecule has 0 radical (unpaired) electrons. The molecular weight excluding hydrogens is 390 g/mol. The molecule has 5 nitrogen and oxygen atoms in total. The molecule has 0 aliphatic carbocycles. The Morgan fingerprint density at radius 2 is 1.61 bits per heavy atom. The summed E-state index contributed by atoms with van der Waals surface area (Å²) in [5, 5.41) is 9.98. The smallest absolute Gasteiger partial charge is 0.351 e. The van der Waals surface area contributed by atoms with Gasteiger partial charge in [0.25, 0.3) is 0 Å². The molecule has 0 unspecified atom stereocenters. The van der Waals surface area contributed by atoms with Gasteiger partial charge in [-0.15, -0.1) is 0 Å². The van der Waals surface area contributed by atoms with E-state index in [9.17, 15) is 14.7 Å². The van der Waals surface area contributed by atoms with E-state index in [0.717, 1.165) is 31.5 Å². The molecule has 31 heavy (non-hydrogen) atoms. The fourth-order valence-electron chi connectivity index (χ4n) is 4.80. The molecule has 170 valence electrons. The first-order valence-corrected chi connectivity index (χ1v) is 11.7. The van der Waals surface area contributed by atoms with Crippen molar-refractivity contribution < 1.29 is 14.3 Å². The Morgan fingerprint density at radius 3 is 2.16 bits per heavy atom. The maximum Gasteiger partial charge on any atom is 0.351 e. The Balaban J connectivity index is 0.000000401. The van der Waals surface area contributed by atoms with E-state index in [-0.39, 0.29) is 16.4 Å². The lowest BCUT2D eigenvalue weighted by molar-refractivity contribution is 0.0692. The van der Waals surface area contributed by atoms with Gasteiger partial charge in [0.05, 0.1) is 0 Å². The molecule has 1 N–H and O–H groups in total. The van der Waals surface area contributed by atoms with Crippen molar-refractivity contribution in [3.05, 3.63) is 39.2 Å². The number of fused-ring (bicyclic) bond motifs is 2. The molecule has 0 atom stereocenters. The van der Waals surface area contributed by atoms with E-state index in [4.69, 9.17) is 4.42 Å². The highest BCUT2D eigenvalue weighted by atomic mass is 16.4. The maximum atomic E-state index is 12.2. The topological polar surface area (TPSA) is 70.8 Å². The van der Waals surface area contributed by atoms with Gasteiger partial charge in [-0.1, -0.05) is 67.2 Å². The van der Waals surface area contributed by atoms with Crippen LogP contribution in [0.5, 0.6) is 0 Å². The van der Waals surface area contributed by atoms with E-state index in [1.54, 1.807) is 0 Å². The highest BCUT2D eigenvalue weighted by molar-refractivity contribution is 5.95. The Morgan fingerprint density at radius 1 is 1.03 bits per heavy atom. The molecule has 0 saturated heterocycles. The number of carboxylic acid groups (broad SMARTS) is 1. The number of hydrogen-bond donors (Lipinski definition) is 1. The second-order valence-electron chi connectivity index (χ2n) is 10.3. The maximum absolute atomic E-state index is 12.2. The Hall–Kier alpha value is -2.30. The predicted molar refractivity (Wildman–Crippen MR) is 127 cm³/mol. The van der Waals surface area contributed by atoms with Crippen LogP contribution in [0.25, 0.3) is 11.0 Å². The molecule has 0 amide bonds. The normalized spacial score (nSPS) is 18.2. The van der Waals surface area contributed by atoms with Crippen molar-refractivity contribution in [2.75, 3.05) is 18.0 Å². The largest absolute Gasteiger partial charge is 0.477 e. The van der Waals surface area contributed by atoms with Crippen LogP contribution in [0.15, 0.2) is 21.3 Å². The van der Waals surface area contributed by atoms with E-state index < -0.39 is 11.6 Å². The number of unbranched alkanes of at least 4 members (excludes halogenated alkanes) is 3. The Kier molecular flexibility index (Phi) is 6.54. The fraction of sp³-hybridized carbons (Fsp3) is 0.615. The molecule has 0 bridgehead atoms. The third-order valence-electron chi connectivity index (χ3n) is 6.92. The number of rotatable bonds is 4. The predicted octanol–water partition coefficient (Wildman–Crippen LogP) is 6.25. The molecule has 0 fully saturated rings. The average Bonchev–Trinajstić information content (AvgIpc) is 2.70. The second-order valence-corrected chi connectivity index (χ2v) is 10.3. The number of carbonyl (C=O) groups is 1. The summed E-state index contributed by atoms with van der Waals surface area (Å²) in [5.74, 6) is -1.25. The number of anilines is 1. The number of carboxylic acids is 1. The van der Waals surface area contributed by atoms with Crippen molar-refractivity contribution in [2.45, 2.75) is 90.9 Å². The van der Waals surface area contributed by atoms with Crippen molar-refractivity contribution in [2.24, 2.45) is 0 Å². The van der Waals surface area contributed by atoms with Crippen molar-refractivity contribution in [3.8, 4) is 0 Å². The molecule has 3 heterocycles. The van der Waals surface area contributed by atoms with Crippen LogP contribution in [0.3, 0.4) is 0 Å². The van der Waals surface area contributed by atoms with Crippen LogP contribution in [0.1, 0.15) is 102 Å². The number of aromatic carboxylic acids is 1. The first-order valence-electron chi connectivity index (χ1n) is 11.7. The van der Waals surface area contributed by atoms with Gasteiger partial charge in [-0.05, 0) is 41.4 Å². The summed E-state index contributed by atoms with van der Waals surface area (Å²) in [6.45, 7) is 15.2. The van der Waals surface area contributed by atoms with Gasteiger partial charge in [0.2, 0.25) is 0 Å². The lowest BCUT2D eigenvalue weighted by atomic mass is 9.69. The van der Waals surface area contributed by atoms with Crippen LogP contribution in [0, 0.1) is 0 Å². The molecule has 4 rings (SSSR count). The van der Waals surface area contributed by atoms with Crippen molar-refractivity contribution >= 4 is 22.6 Å². The van der Waals surface area contributed by atoms with Gasteiger partial charge in [-0.25, -0.2) is 9.59 Å². The van der Waals surface area contributed by atoms with E-state index in [0.29, 0.717) is 11.0 Å². The van der Waals surface area contributed by atoms with Gasteiger partial charge < -0.3 is 14.4 Å². The van der Waals surface area contributed by atoms with E-state index in [1.807, 2.05) is 6.07 Å². The molecule has 2 aliphatic rings. The van der Waals surface area contributed by atoms with Gasteiger partial charge in [0.15, 0.2) is 0 Å². The zero-order valence-corrected chi connectivity index (χ0v) is 19.9. The average molecular weight is 428 g/mol. The van der Waals surface area contributed by atoms with Crippen molar-refractivity contribution in [1.82, 2.24) is 0 Å². The van der Waals surface area contributed by atoms with Gasteiger partial charge in [0, 0.05) is 29.7 Å². The van der Waals surface area contributed by atoms with Crippen LogP contribution in [-0.2, 0) is 10.8 Å². The third kappa shape index (κ3) is 4.37. The summed E-state index contributed by atoms with van der Waals surface area (Å²) < 4.78 is 5.57. The zero-order valence-electron chi connectivity index (χ0n) is 19.9. The molecule has 1 aromatic carbocycles. The molecule has 1 aromatic heterocycles. The molecule has 2 aliphatic heterocycles. The van der Waals surface area contributed by atoms with Gasteiger partial charge in [0.1, 0.15) is 11.1 Å². The molecule has 5 heteroatoms. The summed E-state index contributed by atoms with van der Waals surface area (Å²) in [4.78, 5) is 25.9. The van der Waals surface area contributed by atoms with Crippen LogP contribution in [0.2, 0.25) is 0 Å². The lowest BCUT2D eigenvalue weighted by Crippen LogP contribution is -2.44. The van der Waals surface area contributed by atoms with Crippen LogP contribution >= 0.6 is 0 Å². The highest BCUT2D eigenvalue weighted by Gasteiger charge is 2.42. The molecular formula is C26H37NO4. The monoisotopic (exact) mass is 427 g/mol. The number of nitrogens with zero attached hydrogens (tertiary/aromatic N) is 1. The second kappa shape index (κ2) is 8.68. The van der Waals surface area contributed by atoms with Crippen LogP contribution < -0.4 is 10.5 Å². The minimum atomic E-state index is -1.25. The quantitative estimate of drug-likeness (QED) is 0.461. The van der Waals surface area contributed by atoms with Crippen molar-refractivity contribution in [3.63, 3.8) is 0 Å². The molecule has 0 saturated carbocycles. The summed E-state index contributed by atoms with van der Waals surface area (Å²) in [5.41, 5.74) is 2.79. The lowest BCUT2D eigenvalue weighted by Gasteiger charge is -2.48. The number of hydrogen-bond acceptors (Lipinski definition) is 4. The fourth-order valence-corrected chi connectivity index (χ4v) is 4.80. The zero-order chi connectivity index (χ0) is 23.0. The van der Waals surface area contributed by atoms with Crippen molar-refractivity contribution in [1.29, 1.82) is 0 Å². The molecule has 2 aromatic rings. The number of benzene rings is 1. The van der Waals surface area contributed by atoms with E-state index >= 15 is 0 Å². The van der Waals surface area contributed by atoms with E-state index in [2.05, 4.69) is 46.4 Å². The highest BCUT2D eigenvalue weighted by Crippen LogP contribution is 2.51. The first kappa shape index (κ1) is 23.4. The summed E-state index contributed by atoms with van der Waals surface area (Å²) in [7, 11) is 0. The molecule has 0 spiro atoms. The standard InChI is InChI=1S/C20H23NO4.C6H14/c1-19(2)5-7-21-8-6-20(3,4)14-15(21)13(19)10-11-9-12(17(22)23)18(24)25-16(11)14;1-3-5-6-4-2/h9-10H,5-8H2,1-4H3,(H,22,23);3-6H2,1-2H3. The Bertz CT molecular complexity index is 1030. The van der Waals surface area contributed by atoms with Gasteiger partial charge >= 0.3 is 11.6 Å². The minimum Gasteiger partial charge on any atom is -0.477 e. The van der Waals surface area contributed by atoms with Crippen LogP contribution in [0.4, 0.5) is 5.69 Å². The third-order valence-corrected chi connectivity index (χ3v) is 6.92. The van der Waals surface area contributed by atoms with Gasteiger partial charge in [-0.3, -0.25) is 0 Å². The van der Waals surface area contributed by atoms with Crippen LogP contribution in [-0.4, -0.2) is 24.2 Å². The van der Waals surface area contributed by atoms with E-state index in [1.165, 1.54) is 43.0 Å². The summed E-state index contributed by atoms with van der Waals surface area (Å²) in [6, 6.07) is 3.50. The summed E-state index contributed by atoms with van der Waals surface area (Å²) in [6.07, 6.45) is 7.56. The Labute approximate surface area is 185 Å². The SMILES string of the molecule is CC1(C)CCN2CCC(C)(C)c3c2c1cc1cc(C(=O)O)c(=O)oc31.CCCCCC. The summed E-state index contributed by atoms with van der Waals surface area (Å²) >= 11 is 0.